The Kier molecular flexibility index (Phi) is 6.36. The van der Waals surface area contributed by atoms with Gasteiger partial charge in [-0.3, -0.25) is 4.79 Å². The minimum Gasteiger partial charge on any atom is -0.488 e. The molecular weight excluding hydrogens is 410 g/mol. The number of rotatable bonds is 7. The van der Waals surface area contributed by atoms with E-state index in [1.165, 1.54) is 16.3 Å². The highest BCUT2D eigenvalue weighted by Gasteiger charge is 2.28. The highest BCUT2D eigenvalue weighted by atomic mass is 16.5. The van der Waals surface area contributed by atoms with Crippen molar-refractivity contribution < 1.29 is 14.3 Å². The number of hydrogen-bond acceptors (Lipinski definition) is 4. The van der Waals surface area contributed by atoms with Crippen LogP contribution in [-0.4, -0.2) is 31.6 Å². The van der Waals surface area contributed by atoms with Crippen molar-refractivity contribution in [2.75, 3.05) is 19.7 Å². The molecule has 166 valence electrons. The van der Waals surface area contributed by atoms with Crippen molar-refractivity contribution in [1.29, 1.82) is 0 Å². The maximum atomic E-state index is 12.3. The molecule has 1 heterocycles. The molecule has 0 saturated carbocycles. The number of carbonyl (C=O) groups excluding carboxylic acids is 1. The summed E-state index contributed by atoms with van der Waals surface area (Å²) in [6.07, 6.45) is 1.05. The second kappa shape index (κ2) is 9.88. The van der Waals surface area contributed by atoms with Gasteiger partial charge < -0.3 is 14.8 Å². The summed E-state index contributed by atoms with van der Waals surface area (Å²) in [6, 6.07) is 31.9. The first kappa shape index (κ1) is 21.2. The number of nitrogens with one attached hydrogen (secondary N) is 1. The Labute approximate surface area is 194 Å². The number of ketones is 1. The molecule has 1 saturated heterocycles. The average molecular weight is 438 g/mol. The Balaban J connectivity index is 1.25. The van der Waals surface area contributed by atoms with E-state index in [2.05, 4.69) is 53.8 Å². The molecule has 33 heavy (non-hydrogen) atoms. The summed E-state index contributed by atoms with van der Waals surface area (Å²) < 4.78 is 12.2. The summed E-state index contributed by atoms with van der Waals surface area (Å²) in [5.74, 6) is 1.86. The van der Waals surface area contributed by atoms with Gasteiger partial charge in [0.1, 0.15) is 17.6 Å². The maximum Gasteiger partial charge on any atom is 0.200 e. The van der Waals surface area contributed by atoms with Gasteiger partial charge >= 0.3 is 0 Å². The van der Waals surface area contributed by atoms with E-state index in [0.29, 0.717) is 11.3 Å². The fourth-order valence-corrected chi connectivity index (χ4v) is 4.42. The molecule has 4 nitrogen and oxygen atoms in total. The maximum absolute atomic E-state index is 12.3. The molecule has 5 rings (SSSR count). The molecule has 4 aromatic rings. The van der Waals surface area contributed by atoms with Crippen LogP contribution in [0.2, 0.25) is 0 Å². The highest BCUT2D eigenvalue weighted by molar-refractivity contribution is 5.97. The molecule has 2 atom stereocenters. The van der Waals surface area contributed by atoms with Gasteiger partial charge in [0, 0.05) is 18.0 Å². The van der Waals surface area contributed by atoms with Crippen LogP contribution in [0.3, 0.4) is 0 Å². The van der Waals surface area contributed by atoms with Gasteiger partial charge in [-0.15, -0.1) is 0 Å². The molecule has 0 aromatic heterocycles. The van der Waals surface area contributed by atoms with Crippen LogP contribution in [0.5, 0.6) is 11.5 Å². The van der Waals surface area contributed by atoms with Crippen molar-refractivity contribution in [2.24, 2.45) is 0 Å². The molecule has 1 aliphatic heterocycles. The topological polar surface area (TPSA) is 47.6 Å². The highest BCUT2D eigenvalue weighted by Crippen LogP contribution is 2.31. The third kappa shape index (κ3) is 5.07. The zero-order valence-corrected chi connectivity index (χ0v) is 18.4. The third-order valence-electron chi connectivity index (χ3n) is 6.21. The van der Waals surface area contributed by atoms with Crippen LogP contribution in [0.1, 0.15) is 28.3 Å². The Morgan fingerprint density at radius 3 is 2.36 bits per heavy atom. The molecule has 0 bridgehead atoms. The smallest absolute Gasteiger partial charge is 0.200 e. The predicted octanol–water partition coefficient (Wildman–Crippen LogP) is 5.63. The number of benzene rings is 4. The minimum atomic E-state index is -0.0260. The summed E-state index contributed by atoms with van der Waals surface area (Å²) in [6.45, 7) is 1.80. The van der Waals surface area contributed by atoms with Gasteiger partial charge in [-0.05, 0) is 53.6 Å². The van der Waals surface area contributed by atoms with Crippen molar-refractivity contribution in [1.82, 2.24) is 5.32 Å². The SMILES string of the molecule is O=C(COc1ccc(C2CCNCC2Oc2ccc3ccccc3c2)cc1)c1ccccc1. The van der Waals surface area contributed by atoms with Gasteiger partial charge in [0.2, 0.25) is 0 Å². The van der Waals surface area contributed by atoms with Gasteiger partial charge in [0.15, 0.2) is 12.4 Å². The molecule has 4 heteroatoms. The van der Waals surface area contributed by atoms with E-state index < -0.39 is 0 Å². The molecule has 0 spiro atoms. The normalized spacial score (nSPS) is 18.1. The van der Waals surface area contributed by atoms with Gasteiger partial charge in [-0.1, -0.05) is 72.8 Å². The molecule has 0 aliphatic carbocycles. The van der Waals surface area contributed by atoms with Gasteiger partial charge in [0.05, 0.1) is 0 Å². The number of carbonyl (C=O) groups is 1. The van der Waals surface area contributed by atoms with Gasteiger partial charge in [-0.25, -0.2) is 0 Å². The largest absolute Gasteiger partial charge is 0.488 e. The predicted molar refractivity (Wildman–Crippen MR) is 131 cm³/mol. The van der Waals surface area contributed by atoms with Crippen LogP contribution in [0.25, 0.3) is 10.8 Å². The summed E-state index contributed by atoms with van der Waals surface area (Å²) >= 11 is 0. The van der Waals surface area contributed by atoms with E-state index in [0.717, 1.165) is 25.3 Å². The van der Waals surface area contributed by atoms with Crippen molar-refractivity contribution in [2.45, 2.75) is 18.4 Å². The molecule has 4 aromatic carbocycles. The van der Waals surface area contributed by atoms with E-state index in [4.69, 9.17) is 9.47 Å². The number of hydrogen-bond donors (Lipinski definition) is 1. The fraction of sp³-hybridized carbons (Fsp3) is 0.207. The van der Waals surface area contributed by atoms with Crippen LogP contribution >= 0.6 is 0 Å². The molecule has 1 aliphatic rings. The average Bonchev–Trinajstić information content (AvgIpc) is 2.88. The van der Waals surface area contributed by atoms with Crippen molar-refractivity contribution in [3.05, 3.63) is 108 Å². The first-order valence-corrected chi connectivity index (χ1v) is 11.4. The van der Waals surface area contributed by atoms with Gasteiger partial charge in [-0.2, -0.15) is 0 Å². The number of Topliss-reactive ketones (excluding diaryl/α,β-unsaturated/α-hetero) is 1. The summed E-state index contributed by atoms with van der Waals surface area (Å²) in [7, 11) is 0. The Morgan fingerprint density at radius 1 is 0.818 bits per heavy atom. The zero-order valence-electron chi connectivity index (χ0n) is 18.4. The van der Waals surface area contributed by atoms with Crippen LogP contribution in [0.4, 0.5) is 0 Å². The molecular formula is C29H27NO3. The second-order valence-corrected chi connectivity index (χ2v) is 8.41. The fourth-order valence-electron chi connectivity index (χ4n) is 4.42. The first-order valence-electron chi connectivity index (χ1n) is 11.4. The van der Waals surface area contributed by atoms with Crippen molar-refractivity contribution in [3.8, 4) is 11.5 Å². The Hall–Kier alpha value is -3.63. The Bertz CT molecular complexity index is 1220. The van der Waals surface area contributed by atoms with Crippen LogP contribution < -0.4 is 14.8 Å². The van der Waals surface area contributed by atoms with E-state index >= 15 is 0 Å². The van der Waals surface area contributed by atoms with Crippen LogP contribution in [0.15, 0.2) is 97.1 Å². The molecule has 0 radical (unpaired) electrons. The zero-order chi connectivity index (χ0) is 22.5. The molecule has 1 N–H and O–H groups in total. The lowest BCUT2D eigenvalue weighted by Gasteiger charge is -2.33. The lowest BCUT2D eigenvalue weighted by atomic mass is 9.87. The monoisotopic (exact) mass is 437 g/mol. The lowest BCUT2D eigenvalue weighted by Crippen LogP contribution is -2.42. The first-order chi connectivity index (χ1) is 16.3. The van der Waals surface area contributed by atoms with Crippen LogP contribution in [-0.2, 0) is 0 Å². The quantitative estimate of drug-likeness (QED) is 0.381. The van der Waals surface area contributed by atoms with Crippen LogP contribution in [0, 0.1) is 0 Å². The molecule has 1 fully saturated rings. The van der Waals surface area contributed by atoms with Crippen molar-refractivity contribution >= 4 is 16.6 Å². The number of ether oxygens (including phenoxy) is 2. The molecule has 0 amide bonds. The lowest BCUT2D eigenvalue weighted by molar-refractivity contribution is 0.0921. The summed E-state index contributed by atoms with van der Waals surface area (Å²) in [5.41, 5.74) is 1.89. The van der Waals surface area contributed by atoms with E-state index in [1.54, 1.807) is 0 Å². The third-order valence-corrected chi connectivity index (χ3v) is 6.21. The van der Waals surface area contributed by atoms with Gasteiger partial charge in [0.25, 0.3) is 0 Å². The standard InChI is InChI=1S/C29H27NO3/c31-28(23-7-2-1-3-8-23)20-32-25-13-11-22(12-14-25)27-16-17-30-19-29(27)33-26-15-10-21-6-4-5-9-24(21)18-26/h1-15,18,27,29-30H,16-17,19-20H2. The summed E-state index contributed by atoms with van der Waals surface area (Å²) in [5, 5.41) is 5.86. The van der Waals surface area contributed by atoms with Crippen molar-refractivity contribution in [3.63, 3.8) is 0 Å². The molecule has 2 unspecified atom stereocenters. The second-order valence-electron chi connectivity index (χ2n) is 8.41. The summed E-state index contributed by atoms with van der Waals surface area (Å²) in [4.78, 5) is 12.3. The number of piperidine rings is 1. The van der Waals surface area contributed by atoms with E-state index in [9.17, 15) is 4.79 Å². The van der Waals surface area contributed by atoms with E-state index in [1.807, 2.05) is 48.5 Å². The Morgan fingerprint density at radius 2 is 1.55 bits per heavy atom. The van der Waals surface area contributed by atoms with E-state index in [-0.39, 0.29) is 24.4 Å². The minimum absolute atomic E-state index is 0.0260. The number of fused-ring (bicyclic) bond motifs is 1.